The first-order valence-electron chi connectivity index (χ1n) is 10.0. The number of hydrogen-bond donors (Lipinski definition) is 2. The quantitative estimate of drug-likeness (QED) is 0.242. The normalized spacial score (nSPS) is 10.6. The lowest BCUT2D eigenvalue weighted by atomic mass is 10.3. The first-order valence-corrected chi connectivity index (χ1v) is 11.4. The van der Waals surface area contributed by atoms with E-state index < -0.39 is 10.8 Å². The van der Waals surface area contributed by atoms with Crippen molar-refractivity contribution in [3.05, 3.63) is 63.4 Å². The number of rotatable bonds is 10. The molecule has 13 heteroatoms. The van der Waals surface area contributed by atoms with Crippen LogP contribution >= 0.6 is 23.4 Å². The highest BCUT2D eigenvalue weighted by atomic mass is 35.5. The number of nitro groups is 1. The lowest BCUT2D eigenvalue weighted by Crippen LogP contribution is -2.17. The monoisotopic (exact) mass is 504 g/mol. The average molecular weight is 505 g/mol. The van der Waals surface area contributed by atoms with Crippen LogP contribution in [0.15, 0.2) is 47.6 Å². The summed E-state index contributed by atoms with van der Waals surface area (Å²) in [7, 11) is 1.69. The van der Waals surface area contributed by atoms with Crippen LogP contribution in [-0.4, -0.2) is 43.9 Å². The van der Waals surface area contributed by atoms with Crippen LogP contribution in [0.4, 0.5) is 17.1 Å². The number of carbonyl (C=O) groups is 2. The molecule has 0 radical (unpaired) electrons. The van der Waals surface area contributed by atoms with Crippen LogP contribution in [0.25, 0.3) is 0 Å². The van der Waals surface area contributed by atoms with Gasteiger partial charge in [0.1, 0.15) is 11.6 Å². The molecule has 0 saturated carbocycles. The number of nitrogens with one attached hydrogen (secondary N) is 2. The van der Waals surface area contributed by atoms with E-state index in [0.717, 1.165) is 11.8 Å². The molecule has 0 atom stereocenters. The first kappa shape index (κ1) is 25.0. The number of benzene rings is 2. The summed E-state index contributed by atoms with van der Waals surface area (Å²) in [6.07, 6.45) is -0.00718. The maximum Gasteiger partial charge on any atom is 0.271 e. The molecular formula is C21H21ClN6O5S. The molecule has 0 saturated heterocycles. The van der Waals surface area contributed by atoms with Crippen LogP contribution in [-0.2, 0) is 23.1 Å². The number of hydrogen-bond acceptors (Lipinski definition) is 8. The van der Waals surface area contributed by atoms with Crippen LogP contribution in [0.2, 0.25) is 5.02 Å². The van der Waals surface area contributed by atoms with Crippen LogP contribution in [0.3, 0.4) is 0 Å². The maximum absolute atomic E-state index is 12.4. The van der Waals surface area contributed by atoms with E-state index in [1.54, 1.807) is 35.9 Å². The largest absolute Gasteiger partial charge is 0.494 e. The minimum atomic E-state index is -0.576. The Labute approximate surface area is 204 Å². The minimum absolute atomic E-state index is 0.00718. The molecule has 0 unspecified atom stereocenters. The Hall–Kier alpha value is -3.64. The van der Waals surface area contributed by atoms with Gasteiger partial charge < -0.3 is 19.9 Å². The van der Waals surface area contributed by atoms with E-state index in [1.165, 1.54) is 18.2 Å². The fourth-order valence-corrected chi connectivity index (χ4v) is 3.71. The van der Waals surface area contributed by atoms with Gasteiger partial charge in [0.2, 0.25) is 11.8 Å². The molecule has 2 aromatic carbocycles. The molecule has 3 aromatic rings. The van der Waals surface area contributed by atoms with Crippen LogP contribution < -0.4 is 15.4 Å². The van der Waals surface area contributed by atoms with Gasteiger partial charge in [-0.15, -0.1) is 10.2 Å². The molecule has 0 aliphatic carbocycles. The molecular weight excluding hydrogens is 484 g/mol. The Morgan fingerprint density at radius 3 is 2.56 bits per heavy atom. The van der Waals surface area contributed by atoms with Crippen molar-refractivity contribution in [2.24, 2.45) is 7.05 Å². The maximum atomic E-state index is 12.4. The fraction of sp³-hybridized carbons (Fsp3) is 0.238. The van der Waals surface area contributed by atoms with Gasteiger partial charge in [0.05, 0.1) is 34.4 Å². The number of nitro benzene ring substituents is 1. The van der Waals surface area contributed by atoms with E-state index in [9.17, 15) is 19.7 Å². The lowest BCUT2D eigenvalue weighted by molar-refractivity contribution is -0.384. The lowest BCUT2D eigenvalue weighted by Gasteiger charge is -2.08. The zero-order valence-electron chi connectivity index (χ0n) is 18.3. The predicted octanol–water partition coefficient (Wildman–Crippen LogP) is 3.69. The molecule has 0 aliphatic heterocycles. The van der Waals surface area contributed by atoms with Crippen molar-refractivity contribution in [1.29, 1.82) is 0 Å². The van der Waals surface area contributed by atoms with Gasteiger partial charge in [-0.2, -0.15) is 0 Å². The standard InChI is InChI=1S/C21H21ClN6O5S/c1-3-33-15-7-4-13(5-8-15)23-19(29)11-18-25-26-21(27(18)2)34-12-20(30)24-17-10-14(28(31)32)6-9-16(17)22/h4-10H,3,11-12H2,1-2H3,(H,23,29)(H,24,30). The summed E-state index contributed by atoms with van der Waals surface area (Å²) in [5, 5.41) is 24.9. The highest BCUT2D eigenvalue weighted by Gasteiger charge is 2.16. The van der Waals surface area contributed by atoms with Crippen molar-refractivity contribution < 1.29 is 19.2 Å². The van der Waals surface area contributed by atoms with Gasteiger partial charge in [0.25, 0.3) is 5.69 Å². The van der Waals surface area contributed by atoms with Crippen molar-refractivity contribution in [3.63, 3.8) is 0 Å². The SMILES string of the molecule is CCOc1ccc(NC(=O)Cc2nnc(SCC(=O)Nc3cc([N+](=O)[O-])ccc3Cl)n2C)cc1. The first-order chi connectivity index (χ1) is 16.3. The van der Waals surface area contributed by atoms with E-state index in [2.05, 4.69) is 20.8 Å². The molecule has 0 spiro atoms. The molecule has 178 valence electrons. The molecule has 34 heavy (non-hydrogen) atoms. The molecule has 2 amide bonds. The summed E-state index contributed by atoms with van der Waals surface area (Å²) in [5.41, 5.74) is 0.585. The van der Waals surface area contributed by atoms with Gasteiger partial charge in [-0.3, -0.25) is 19.7 Å². The Morgan fingerprint density at radius 1 is 1.15 bits per heavy atom. The van der Waals surface area contributed by atoms with Gasteiger partial charge in [-0.25, -0.2) is 0 Å². The van der Waals surface area contributed by atoms with E-state index in [-0.39, 0.29) is 34.5 Å². The fourth-order valence-electron chi connectivity index (χ4n) is 2.81. The number of carbonyl (C=O) groups excluding carboxylic acids is 2. The van der Waals surface area contributed by atoms with Crippen LogP contribution in [0.1, 0.15) is 12.7 Å². The zero-order chi connectivity index (χ0) is 24.7. The average Bonchev–Trinajstić information content (AvgIpc) is 3.14. The topological polar surface area (TPSA) is 141 Å². The molecule has 1 aromatic heterocycles. The van der Waals surface area contributed by atoms with Gasteiger partial charge in [-0.05, 0) is 37.3 Å². The molecule has 0 fully saturated rings. The van der Waals surface area contributed by atoms with E-state index in [0.29, 0.717) is 29.0 Å². The number of nitrogens with zero attached hydrogens (tertiary/aromatic N) is 4. The summed E-state index contributed by atoms with van der Waals surface area (Å²) in [6.45, 7) is 2.45. The summed E-state index contributed by atoms with van der Waals surface area (Å²) < 4.78 is 7.00. The van der Waals surface area contributed by atoms with Crippen molar-refractivity contribution in [2.75, 3.05) is 23.0 Å². The number of amides is 2. The summed E-state index contributed by atoms with van der Waals surface area (Å²) in [4.78, 5) is 35.0. The van der Waals surface area contributed by atoms with Gasteiger partial charge in [0, 0.05) is 24.9 Å². The summed E-state index contributed by atoms with van der Waals surface area (Å²) in [5.74, 6) is 0.406. The second-order valence-electron chi connectivity index (χ2n) is 6.90. The summed E-state index contributed by atoms with van der Waals surface area (Å²) in [6, 6.07) is 10.8. The minimum Gasteiger partial charge on any atom is -0.494 e. The Morgan fingerprint density at radius 2 is 1.88 bits per heavy atom. The van der Waals surface area contributed by atoms with Gasteiger partial charge >= 0.3 is 0 Å². The van der Waals surface area contributed by atoms with E-state index in [1.807, 2.05) is 6.92 Å². The van der Waals surface area contributed by atoms with E-state index >= 15 is 0 Å². The second kappa shape index (κ2) is 11.5. The molecule has 1 heterocycles. The van der Waals surface area contributed by atoms with Crippen molar-refractivity contribution in [3.8, 4) is 5.75 Å². The highest BCUT2D eigenvalue weighted by Crippen LogP contribution is 2.27. The third kappa shape index (κ3) is 6.68. The highest BCUT2D eigenvalue weighted by molar-refractivity contribution is 7.99. The van der Waals surface area contributed by atoms with E-state index in [4.69, 9.17) is 16.3 Å². The molecule has 11 nitrogen and oxygen atoms in total. The van der Waals surface area contributed by atoms with Crippen molar-refractivity contribution in [1.82, 2.24) is 14.8 Å². The second-order valence-corrected chi connectivity index (χ2v) is 8.25. The Balaban J connectivity index is 1.54. The van der Waals surface area contributed by atoms with Crippen LogP contribution in [0.5, 0.6) is 5.75 Å². The van der Waals surface area contributed by atoms with Crippen LogP contribution in [0, 0.1) is 10.1 Å². The number of anilines is 2. The Bertz CT molecular complexity index is 1200. The van der Waals surface area contributed by atoms with Crippen molar-refractivity contribution in [2.45, 2.75) is 18.5 Å². The number of non-ortho nitro benzene ring substituents is 1. The van der Waals surface area contributed by atoms with Gasteiger partial charge in [-0.1, -0.05) is 23.4 Å². The number of thioether (sulfide) groups is 1. The molecule has 0 bridgehead atoms. The third-order valence-corrected chi connectivity index (χ3v) is 5.81. The number of aromatic nitrogens is 3. The number of ether oxygens (including phenoxy) is 1. The third-order valence-electron chi connectivity index (χ3n) is 4.46. The smallest absolute Gasteiger partial charge is 0.271 e. The summed E-state index contributed by atoms with van der Waals surface area (Å²) >= 11 is 7.11. The molecule has 0 aliphatic rings. The van der Waals surface area contributed by atoms with Gasteiger partial charge in [0.15, 0.2) is 5.16 Å². The Kier molecular flexibility index (Phi) is 8.44. The number of halogens is 1. The molecule has 2 N–H and O–H groups in total. The molecule has 3 rings (SSSR count). The van der Waals surface area contributed by atoms with Crippen molar-refractivity contribution >= 4 is 52.2 Å². The predicted molar refractivity (Wildman–Crippen MR) is 128 cm³/mol. The zero-order valence-corrected chi connectivity index (χ0v) is 19.9.